The number of hydrogen-bond donors (Lipinski definition) is 2. The van der Waals surface area contributed by atoms with Crippen molar-refractivity contribution in [1.82, 2.24) is 0 Å². The zero-order valence-corrected chi connectivity index (χ0v) is 51.5. The lowest BCUT2D eigenvalue weighted by Crippen LogP contribution is -2.52. The Morgan fingerprint density at radius 1 is 0.512 bits per heavy atom. The Morgan fingerprint density at radius 3 is 1.12 bits per heavy atom. The summed E-state index contributed by atoms with van der Waals surface area (Å²) >= 11 is 6.98. The first kappa shape index (κ1) is 61.1. The number of esters is 2. The number of amides is 4. The van der Waals surface area contributed by atoms with Crippen LogP contribution in [-0.2, 0) is 49.1 Å². The molecule has 0 unspecified atom stereocenters. The number of nitriles is 2. The number of ether oxygens (including phenoxy) is 2. The number of fused-ring (bicyclic) bond motifs is 4. The average molecular weight is 1280 g/mol. The summed E-state index contributed by atoms with van der Waals surface area (Å²) in [7, 11) is 3.39. The predicted octanol–water partition coefficient (Wildman–Crippen LogP) is 10.4. The first-order valence-electron chi connectivity index (χ1n) is 27.4. The Bertz CT molecular complexity index is 3720. The second kappa shape index (κ2) is 23.9. The highest BCUT2D eigenvalue weighted by Gasteiger charge is 2.76. The van der Waals surface area contributed by atoms with Crippen molar-refractivity contribution in [3.05, 3.63) is 211 Å². The summed E-state index contributed by atoms with van der Waals surface area (Å²) in [6.07, 6.45) is 0. The lowest BCUT2D eigenvalue weighted by molar-refractivity contribution is -0.141. The van der Waals surface area contributed by atoms with Crippen LogP contribution in [0.2, 0.25) is 0 Å². The van der Waals surface area contributed by atoms with E-state index in [2.05, 4.69) is 63.7 Å². The van der Waals surface area contributed by atoms with Crippen molar-refractivity contribution >= 4 is 102 Å². The third-order valence-electron chi connectivity index (χ3n) is 16.6. The van der Waals surface area contributed by atoms with Crippen LogP contribution in [-0.4, -0.2) is 74.3 Å². The van der Waals surface area contributed by atoms with E-state index in [1.165, 1.54) is 23.9 Å². The molecule has 2 aliphatic carbocycles. The summed E-state index contributed by atoms with van der Waals surface area (Å²) in [5.41, 5.74) is 14.2. The summed E-state index contributed by atoms with van der Waals surface area (Å²) in [6.45, 7) is 10.8. The monoisotopic (exact) mass is 1280 g/mol. The number of benzene rings is 6. The SMILES string of the molecule is CC1=NN(c2ccccc2)C(=O)[C@@]12C(N)=C(C#N)[C@@]1(C(=O)N(C)c3ccccc31)[C@H]2c1ccc(Br)cc1.CC1=NN(c2ccccc2)C(=O)[C@@]12C(N)=C(C#N)[C@@]1(C(=O)N(C)c3ccccc31)[C@H]2c1ccc(Br)cc1.CCOC(C)=O.CCOC(C)=O. The summed E-state index contributed by atoms with van der Waals surface area (Å²) in [5, 5.41) is 33.2. The highest BCUT2D eigenvalue weighted by Crippen LogP contribution is 2.69. The van der Waals surface area contributed by atoms with Gasteiger partial charge in [0.15, 0.2) is 0 Å². The van der Waals surface area contributed by atoms with E-state index >= 15 is 0 Å². The zero-order chi connectivity index (χ0) is 62.2. The van der Waals surface area contributed by atoms with Gasteiger partial charge in [-0.15, -0.1) is 0 Å². The van der Waals surface area contributed by atoms with Gasteiger partial charge in [-0.3, -0.25) is 28.8 Å². The molecule has 0 aromatic heterocycles. The largest absolute Gasteiger partial charge is 0.466 e. The molecule has 86 heavy (non-hydrogen) atoms. The van der Waals surface area contributed by atoms with Crippen LogP contribution in [0.1, 0.15) is 75.6 Å². The van der Waals surface area contributed by atoms with E-state index in [9.17, 15) is 39.3 Å². The molecular weight excluding hydrogens is 1220 g/mol. The third-order valence-corrected chi connectivity index (χ3v) is 17.7. The molecule has 0 bridgehead atoms. The van der Waals surface area contributed by atoms with E-state index in [0.717, 1.165) is 8.95 Å². The fourth-order valence-corrected chi connectivity index (χ4v) is 13.8. The van der Waals surface area contributed by atoms with E-state index < -0.39 is 33.5 Å². The molecule has 4 amide bonds. The Kier molecular flexibility index (Phi) is 17.0. The lowest BCUT2D eigenvalue weighted by atomic mass is 9.59. The molecule has 0 saturated carbocycles. The Labute approximate surface area is 514 Å². The molecule has 12 rings (SSSR count). The highest BCUT2D eigenvalue weighted by atomic mass is 79.9. The minimum atomic E-state index is -1.53. The number of nitrogens with two attached hydrogens (primary N) is 2. The molecule has 4 N–H and O–H groups in total. The van der Waals surface area contributed by atoms with E-state index in [1.807, 2.05) is 133 Å². The van der Waals surface area contributed by atoms with Gasteiger partial charge >= 0.3 is 11.9 Å². The molecule has 6 aliphatic rings. The zero-order valence-electron chi connectivity index (χ0n) is 48.3. The molecule has 6 aromatic rings. The fraction of sp³-hybridized carbons (Fsp3) is 0.242. The average Bonchev–Trinajstić information content (AvgIpc) is 1.50. The van der Waals surface area contributed by atoms with Gasteiger partial charge in [0.05, 0.1) is 59.3 Å². The maximum absolute atomic E-state index is 14.6. The van der Waals surface area contributed by atoms with E-state index in [1.54, 1.807) is 75.9 Å². The van der Waals surface area contributed by atoms with Crippen LogP contribution in [0.15, 0.2) is 199 Å². The number of para-hydroxylation sites is 4. The number of nitrogens with zero attached hydrogens (tertiary/aromatic N) is 8. The van der Waals surface area contributed by atoms with E-state index in [0.29, 0.717) is 69.6 Å². The minimum absolute atomic E-state index is 0.0750. The van der Waals surface area contributed by atoms with Crippen LogP contribution < -0.4 is 31.3 Å². The molecule has 18 nitrogen and oxygen atoms in total. The molecule has 20 heteroatoms. The number of halogens is 2. The quantitative estimate of drug-likeness (QED) is 0.148. The van der Waals surface area contributed by atoms with Gasteiger partial charge in [0.25, 0.3) is 11.8 Å². The van der Waals surface area contributed by atoms with Crippen LogP contribution in [0.5, 0.6) is 0 Å². The molecule has 436 valence electrons. The van der Waals surface area contributed by atoms with Crippen LogP contribution in [0.4, 0.5) is 22.7 Å². The number of carbonyl (C=O) groups excluding carboxylic acids is 6. The summed E-state index contributed by atoms with van der Waals surface area (Å²) in [6, 6.07) is 52.5. The van der Waals surface area contributed by atoms with Gasteiger partial charge in [0.2, 0.25) is 11.8 Å². The Morgan fingerprint density at radius 2 is 0.826 bits per heavy atom. The van der Waals surface area contributed by atoms with Crippen LogP contribution in [0.3, 0.4) is 0 Å². The second-order valence-corrected chi connectivity index (χ2v) is 22.7. The number of hydrogen-bond acceptors (Lipinski definition) is 14. The van der Waals surface area contributed by atoms with Gasteiger partial charge in [-0.2, -0.15) is 30.7 Å². The lowest BCUT2D eigenvalue weighted by Gasteiger charge is -2.39. The van der Waals surface area contributed by atoms with Gasteiger partial charge in [0, 0.05) is 71.5 Å². The number of anilines is 4. The van der Waals surface area contributed by atoms with Gasteiger partial charge < -0.3 is 30.7 Å². The minimum Gasteiger partial charge on any atom is -0.466 e. The standard InChI is InChI=1S/2C29H22BrN5O2.2C4H8O2/c2*1-17-28(27(37)35(33-17)20-8-4-3-5-9-20)24(18-12-14-19(30)15-13-18)29(22(16-31)25(28)32)21-10-6-7-11-23(21)34(2)26(29)36;2*1-3-6-4(2)5/h2*3-15,24H,32H2,1-2H3;2*3H2,1-2H3/t2*24-,28-,29+;;/m00../s1. The van der Waals surface area contributed by atoms with E-state index in [4.69, 9.17) is 11.5 Å². The van der Waals surface area contributed by atoms with Gasteiger partial charge in [-0.1, -0.05) is 129 Å². The first-order valence-corrected chi connectivity index (χ1v) is 29.0. The molecule has 6 aromatic carbocycles. The van der Waals surface area contributed by atoms with E-state index in [-0.39, 0.29) is 58.1 Å². The summed E-state index contributed by atoms with van der Waals surface area (Å²) in [5.74, 6) is -3.43. The Balaban J connectivity index is 0.000000173. The fourth-order valence-electron chi connectivity index (χ4n) is 13.3. The van der Waals surface area contributed by atoms with Crippen molar-refractivity contribution in [2.45, 2.75) is 64.2 Å². The molecule has 0 fully saturated rings. The molecular formula is C66H60Br2N10O8. The number of likely N-dealkylation sites (N-methyl/N-ethyl adjacent to an activating group) is 2. The van der Waals surface area contributed by atoms with Crippen LogP contribution >= 0.6 is 31.9 Å². The van der Waals surface area contributed by atoms with Crippen molar-refractivity contribution in [2.75, 3.05) is 47.1 Å². The number of rotatable bonds is 6. The molecule has 0 radical (unpaired) electrons. The molecule has 0 saturated heterocycles. The predicted molar refractivity (Wildman–Crippen MR) is 334 cm³/mol. The van der Waals surface area contributed by atoms with Crippen LogP contribution in [0, 0.1) is 33.5 Å². The maximum atomic E-state index is 14.6. The number of carbonyl (C=O) groups is 6. The normalized spacial score (nSPS) is 23.7. The van der Waals surface area contributed by atoms with Crippen molar-refractivity contribution < 1.29 is 38.2 Å². The maximum Gasteiger partial charge on any atom is 0.302 e. The number of hydrazone groups is 2. The van der Waals surface area contributed by atoms with Gasteiger partial charge in [0.1, 0.15) is 21.7 Å². The van der Waals surface area contributed by atoms with Gasteiger partial charge in [-0.05, 0) is 111 Å². The smallest absolute Gasteiger partial charge is 0.302 e. The molecule has 4 aliphatic heterocycles. The van der Waals surface area contributed by atoms with Crippen molar-refractivity contribution in [1.29, 1.82) is 10.5 Å². The third kappa shape index (κ3) is 9.08. The first-order chi connectivity index (χ1) is 41.1. The second-order valence-electron chi connectivity index (χ2n) is 20.9. The Hall–Kier alpha value is -9.50. The topological polar surface area (TPSA) is 258 Å². The summed E-state index contributed by atoms with van der Waals surface area (Å²) in [4.78, 5) is 80.6. The van der Waals surface area contributed by atoms with Gasteiger partial charge in [-0.25, -0.2) is 0 Å². The molecule has 6 atom stereocenters. The molecule has 4 heterocycles. The van der Waals surface area contributed by atoms with Crippen molar-refractivity contribution in [3.8, 4) is 12.1 Å². The summed E-state index contributed by atoms with van der Waals surface area (Å²) < 4.78 is 10.5. The highest BCUT2D eigenvalue weighted by molar-refractivity contribution is 9.10. The van der Waals surface area contributed by atoms with Crippen molar-refractivity contribution in [3.63, 3.8) is 0 Å². The molecule has 4 spiro atoms. The van der Waals surface area contributed by atoms with Crippen molar-refractivity contribution in [2.24, 2.45) is 32.5 Å². The van der Waals surface area contributed by atoms with Crippen LogP contribution in [0.25, 0.3) is 0 Å².